The molecular weight excluding hydrogens is 363 g/mol. The van der Waals surface area contributed by atoms with Gasteiger partial charge in [0, 0.05) is 17.7 Å². The van der Waals surface area contributed by atoms with Crippen LogP contribution in [0.2, 0.25) is 0 Å². The van der Waals surface area contributed by atoms with Crippen LogP contribution in [-0.2, 0) is 19.2 Å². The lowest BCUT2D eigenvalue weighted by Gasteiger charge is -2.10. The van der Waals surface area contributed by atoms with E-state index < -0.39 is 30.4 Å². The van der Waals surface area contributed by atoms with Crippen LogP contribution in [0.1, 0.15) is 37.3 Å². The SMILES string of the molecule is CC(C)c1ccc(NC(=O)COC(=O)C2CC(c3cccc(F)c3)=NO2)cc1. The average molecular weight is 384 g/mol. The van der Waals surface area contributed by atoms with Crippen molar-refractivity contribution in [1.82, 2.24) is 0 Å². The standard InChI is InChI=1S/C21H21FN2O4/c1-13(2)14-6-8-17(9-7-14)23-20(25)12-27-21(26)19-11-18(24-28-19)15-4-3-5-16(22)10-15/h3-10,13,19H,11-12H2,1-2H3,(H,23,25). The Labute approximate surface area is 162 Å². The molecule has 1 atom stereocenters. The number of carbonyl (C=O) groups is 2. The fourth-order valence-corrected chi connectivity index (χ4v) is 2.72. The smallest absolute Gasteiger partial charge is 0.351 e. The van der Waals surface area contributed by atoms with Gasteiger partial charge in [-0.2, -0.15) is 0 Å². The van der Waals surface area contributed by atoms with E-state index in [4.69, 9.17) is 9.57 Å². The number of anilines is 1. The van der Waals surface area contributed by atoms with Gasteiger partial charge in [0.15, 0.2) is 6.61 Å². The van der Waals surface area contributed by atoms with E-state index in [1.807, 2.05) is 12.1 Å². The molecule has 1 aliphatic rings. The molecule has 146 valence electrons. The monoisotopic (exact) mass is 384 g/mol. The summed E-state index contributed by atoms with van der Waals surface area (Å²) in [6.07, 6.45) is -0.794. The minimum absolute atomic E-state index is 0.153. The van der Waals surface area contributed by atoms with Gasteiger partial charge in [0.1, 0.15) is 5.82 Å². The summed E-state index contributed by atoms with van der Waals surface area (Å²) in [6.45, 7) is 3.74. The summed E-state index contributed by atoms with van der Waals surface area (Å²) in [5.74, 6) is -1.14. The molecule has 0 bridgehead atoms. The number of carbonyl (C=O) groups excluding carboxylic acids is 2. The number of hydrogen-bond donors (Lipinski definition) is 1. The second-order valence-corrected chi connectivity index (χ2v) is 6.78. The van der Waals surface area contributed by atoms with Gasteiger partial charge in [0.2, 0.25) is 6.10 Å². The largest absolute Gasteiger partial charge is 0.453 e. The fraction of sp³-hybridized carbons (Fsp3) is 0.286. The number of oxime groups is 1. The molecule has 0 aliphatic carbocycles. The maximum atomic E-state index is 13.3. The first-order valence-electron chi connectivity index (χ1n) is 8.97. The molecule has 1 aliphatic heterocycles. The number of benzene rings is 2. The van der Waals surface area contributed by atoms with Gasteiger partial charge in [0.25, 0.3) is 5.91 Å². The number of esters is 1. The summed E-state index contributed by atoms with van der Waals surface area (Å²) in [5.41, 5.74) is 2.78. The van der Waals surface area contributed by atoms with Crippen molar-refractivity contribution in [2.24, 2.45) is 5.16 Å². The molecule has 28 heavy (non-hydrogen) atoms. The van der Waals surface area contributed by atoms with Gasteiger partial charge in [-0.25, -0.2) is 9.18 Å². The average Bonchev–Trinajstić information content (AvgIpc) is 3.17. The number of nitrogens with one attached hydrogen (secondary N) is 1. The topological polar surface area (TPSA) is 77.0 Å². The van der Waals surface area contributed by atoms with Crippen molar-refractivity contribution >= 4 is 23.3 Å². The van der Waals surface area contributed by atoms with Crippen molar-refractivity contribution in [2.75, 3.05) is 11.9 Å². The molecule has 1 unspecified atom stereocenters. The van der Waals surface area contributed by atoms with Crippen LogP contribution in [-0.4, -0.2) is 30.3 Å². The van der Waals surface area contributed by atoms with E-state index in [0.29, 0.717) is 22.9 Å². The van der Waals surface area contributed by atoms with Crippen LogP contribution in [0.5, 0.6) is 0 Å². The zero-order valence-corrected chi connectivity index (χ0v) is 15.6. The van der Waals surface area contributed by atoms with Gasteiger partial charge in [0.05, 0.1) is 5.71 Å². The Kier molecular flexibility index (Phi) is 6.03. The summed E-state index contributed by atoms with van der Waals surface area (Å²) < 4.78 is 18.3. The van der Waals surface area contributed by atoms with Crippen LogP contribution in [0.15, 0.2) is 53.7 Å². The summed E-state index contributed by atoms with van der Waals surface area (Å²) in [7, 11) is 0. The first kappa shape index (κ1) is 19.5. The van der Waals surface area contributed by atoms with Crippen molar-refractivity contribution in [3.05, 3.63) is 65.5 Å². The molecule has 0 radical (unpaired) electrons. The van der Waals surface area contributed by atoms with Crippen molar-refractivity contribution in [2.45, 2.75) is 32.3 Å². The van der Waals surface area contributed by atoms with Crippen LogP contribution in [0, 0.1) is 5.82 Å². The van der Waals surface area contributed by atoms with Crippen molar-refractivity contribution in [1.29, 1.82) is 0 Å². The van der Waals surface area contributed by atoms with Crippen LogP contribution >= 0.6 is 0 Å². The normalized spacial score (nSPS) is 15.7. The van der Waals surface area contributed by atoms with Crippen molar-refractivity contribution in [3.8, 4) is 0 Å². The first-order chi connectivity index (χ1) is 13.4. The molecule has 0 spiro atoms. The van der Waals surface area contributed by atoms with Gasteiger partial charge >= 0.3 is 5.97 Å². The number of halogens is 1. The van der Waals surface area contributed by atoms with E-state index in [9.17, 15) is 14.0 Å². The van der Waals surface area contributed by atoms with E-state index in [2.05, 4.69) is 24.3 Å². The molecule has 2 aromatic rings. The van der Waals surface area contributed by atoms with Crippen LogP contribution in [0.3, 0.4) is 0 Å². The number of ether oxygens (including phenoxy) is 1. The minimum Gasteiger partial charge on any atom is -0.453 e. The predicted molar refractivity (Wildman–Crippen MR) is 103 cm³/mol. The Hall–Kier alpha value is -3.22. The highest BCUT2D eigenvalue weighted by molar-refractivity contribution is 6.03. The Bertz CT molecular complexity index is 894. The first-order valence-corrected chi connectivity index (χ1v) is 8.97. The fourth-order valence-electron chi connectivity index (χ4n) is 2.72. The van der Waals surface area contributed by atoms with Gasteiger partial charge < -0.3 is 14.9 Å². The van der Waals surface area contributed by atoms with Crippen LogP contribution < -0.4 is 5.32 Å². The highest BCUT2D eigenvalue weighted by atomic mass is 19.1. The van der Waals surface area contributed by atoms with E-state index in [1.165, 1.54) is 12.1 Å². The third kappa shape index (κ3) is 4.94. The lowest BCUT2D eigenvalue weighted by Crippen LogP contribution is -2.28. The Morgan fingerprint density at radius 3 is 2.68 bits per heavy atom. The van der Waals surface area contributed by atoms with Gasteiger partial charge in [-0.3, -0.25) is 4.79 Å². The number of amides is 1. The highest BCUT2D eigenvalue weighted by Gasteiger charge is 2.30. The van der Waals surface area contributed by atoms with E-state index in [-0.39, 0.29) is 6.42 Å². The molecule has 3 rings (SSSR count). The molecule has 0 saturated carbocycles. The number of rotatable bonds is 6. The minimum atomic E-state index is -0.948. The molecule has 1 amide bonds. The number of nitrogens with zero attached hydrogens (tertiary/aromatic N) is 1. The van der Waals surface area contributed by atoms with Crippen LogP contribution in [0.4, 0.5) is 10.1 Å². The van der Waals surface area contributed by atoms with E-state index >= 15 is 0 Å². The van der Waals surface area contributed by atoms with E-state index in [1.54, 1.807) is 24.3 Å². The zero-order chi connectivity index (χ0) is 20.1. The molecule has 0 aromatic heterocycles. The summed E-state index contributed by atoms with van der Waals surface area (Å²) >= 11 is 0. The Morgan fingerprint density at radius 2 is 2.00 bits per heavy atom. The quantitative estimate of drug-likeness (QED) is 0.772. The lowest BCUT2D eigenvalue weighted by atomic mass is 10.0. The molecule has 0 fully saturated rings. The molecule has 1 heterocycles. The van der Waals surface area contributed by atoms with Gasteiger partial charge in [-0.1, -0.05) is 43.3 Å². The lowest BCUT2D eigenvalue weighted by molar-refractivity contribution is -0.157. The van der Waals surface area contributed by atoms with Gasteiger partial charge in [-0.15, -0.1) is 0 Å². The molecule has 1 N–H and O–H groups in total. The maximum Gasteiger partial charge on any atom is 0.351 e. The Morgan fingerprint density at radius 1 is 1.25 bits per heavy atom. The number of hydrogen-bond acceptors (Lipinski definition) is 5. The molecule has 0 saturated heterocycles. The third-order valence-electron chi connectivity index (χ3n) is 4.30. The molecule has 6 nitrogen and oxygen atoms in total. The van der Waals surface area contributed by atoms with Crippen LogP contribution in [0.25, 0.3) is 0 Å². The molecular formula is C21H21FN2O4. The zero-order valence-electron chi connectivity index (χ0n) is 15.6. The predicted octanol–water partition coefficient (Wildman–Crippen LogP) is 3.62. The summed E-state index contributed by atoms with van der Waals surface area (Å²) in [4.78, 5) is 29.1. The van der Waals surface area contributed by atoms with Crippen molar-refractivity contribution in [3.63, 3.8) is 0 Å². The van der Waals surface area contributed by atoms with E-state index in [0.717, 1.165) is 5.56 Å². The summed E-state index contributed by atoms with van der Waals surface area (Å²) in [6, 6.07) is 13.3. The second kappa shape index (κ2) is 8.65. The molecule has 2 aromatic carbocycles. The second-order valence-electron chi connectivity index (χ2n) is 6.78. The van der Waals surface area contributed by atoms with Crippen molar-refractivity contribution < 1.29 is 23.6 Å². The van der Waals surface area contributed by atoms with Gasteiger partial charge in [-0.05, 0) is 35.7 Å². The Balaban J connectivity index is 1.46. The highest BCUT2D eigenvalue weighted by Crippen LogP contribution is 2.19. The third-order valence-corrected chi connectivity index (χ3v) is 4.30. The maximum absolute atomic E-state index is 13.3. The summed E-state index contributed by atoms with van der Waals surface area (Å²) in [5, 5.41) is 6.48. The molecule has 7 heteroatoms.